The number of nitrogen functional groups attached to an aromatic ring is 1. The van der Waals surface area contributed by atoms with Gasteiger partial charge in [-0.05, 0) is 24.6 Å². The zero-order valence-corrected chi connectivity index (χ0v) is 10.4. The molecule has 0 saturated heterocycles. The Kier molecular flexibility index (Phi) is 2.68. The molecule has 3 aromatic rings. The van der Waals surface area contributed by atoms with Crippen LogP contribution < -0.4 is 5.73 Å². The van der Waals surface area contributed by atoms with E-state index >= 15 is 0 Å². The molecule has 6 heteroatoms. The number of aromatic nitrogens is 5. The van der Waals surface area contributed by atoms with Crippen molar-refractivity contribution in [3.05, 3.63) is 48.3 Å². The molecule has 19 heavy (non-hydrogen) atoms. The van der Waals surface area contributed by atoms with Crippen molar-refractivity contribution in [3.8, 4) is 17.1 Å². The fourth-order valence-electron chi connectivity index (χ4n) is 1.87. The smallest absolute Gasteiger partial charge is 0.220 e. The monoisotopic (exact) mass is 252 g/mol. The van der Waals surface area contributed by atoms with Crippen molar-refractivity contribution in [2.75, 3.05) is 5.73 Å². The molecular weight excluding hydrogens is 240 g/mol. The standard InChI is InChI=1S/C13H12N6/c1-9-7-15-13(14)17-12(9)11-8-16-18-19(11)10-5-3-2-4-6-10/h2-8H,1H3,(H2,14,15,17). The van der Waals surface area contributed by atoms with Crippen LogP contribution in [0.5, 0.6) is 0 Å². The van der Waals surface area contributed by atoms with Gasteiger partial charge in [0.25, 0.3) is 0 Å². The molecule has 0 saturated carbocycles. The number of aryl methyl sites for hydroxylation is 1. The molecule has 2 heterocycles. The molecular formula is C13H12N6. The van der Waals surface area contributed by atoms with Gasteiger partial charge in [0.15, 0.2) is 0 Å². The fraction of sp³-hybridized carbons (Fsp3) is 0.0769. The maximum absolute atomic E-state index is 5.65. The summed E-state index contributed by atoms with van der Waals surface area (Å²) in [5.74, 6) is 0.237. The Morgan fingerprint density at radius 2 is 1.89 bits per heavy atom. The zero-order valence-electron chi connectivity index (χ0n) is 10.4. The first-order valence-corrected chi connectivity index (χ1v) is 5.81. The van der Waals surface area contributed by atoms with Gasteiger partial charge >= 0.3 is 0 Å². The number of para-hydroxylation sites is 1. The van der Waals surface area contributed by atoms with Gasteiger partial charge in [-0.15, -0.1) is 5.10 Å². The van der Waals surface area contributed by atoms with Crippen LogP contribution in [0.4, 0.5) is 5.95 Å². The minimum Gasteiger partial charge on any atom is -0.368 e. The third-order valence-corrected chi connectivity index (χ3v) is 2.78. The summed E-state index contributed by atoms with van der Waals surface area (Å²) in [6.45, 7) is 1.93. The van der Waals surface area contributed by atoms with Gasteiger partial charge in [-0.2, -0.15) is 0 Å². The third-order valence-electron chi connectivity index (χ3n) is 2.78. The molecule has 1 aromatic carbocycles. The molecule has 0 amide bonds. The average Bonchev–Trinajstić information content (AvgIpc) is 2.91. The van der Waals surface area contributed by atoms with Crippen LogP contribution in [0.15, 0.2) is 42.7 Å². The third kappa shape index (κ3) is 2.03. The van der Waals surface area contributed by atoms with Crippen molar-refractivity contribution in [2.45, 2.75) is 6.92 Å². The van der Waals surface area contributed by atoms with Crippen molar-refractivity contribution in [2.24, 2.45) is 0 Å². The summed E-state index contributed by atoms with van der Waals surface area (Å²) in [5.41, 5.74) is 9.02. The lowest BCUT2D eigenvalue weighted by atomic mass is 10.2. The molecule has 6 nitrogen and oxygen atoms in total. The molecule has 2 aromatic heterocycles. The molecule has 0 bridgehead atoms. The Morgan fingerprint density at radius 1 is 1.11 bits per heavy atom. The van der Waals surface area contributed by atoms with E-state index in [4.69, 9.17) is 5.73 Å². The van der Waals surface area contributed by atoms with Crippen molar-refractivity contribution < 1.29 is 0 Å². The molecule has 0 radical (unpaired) electrons. The number of nitrogens with zero attached hydrogens (tertiary/aromatic N) is 5. The lowest BCUT2D eigenvalue weighted by Gasteiger charge is -2.07. The molecule has 0 aliphatic carbocycles. The van der Waals surface area contributed by atoms with E-state index in [-0.39, 0.29) is 5.95 Å². The van der Waals surface area contributed by atoms with E-state index in [1.807, 2.05) is 37.3 Å². The lowest BCUT2D eigenvalue weighted by molar-refractivity contribution is 0.805. The fourth-order valence-corrected chi connectivity index (χ4v) is 1.87. The molecule has 94 valence electrons. The predicted molar refractivity (Wildman–Crippen MR) is 71.5 cm³/mol. The molecule has 0 fully saturated rings. The highest BCUT2D eigenvalue weighted by molar-refractivity contribution is 5.61. The molecule has 2 N–H and O–H groups in total. The summed E-state index contributed by atoms with van der Waals surface area (Å²) < 4.78 is 1.73. The molecule has 0 aliphatic heterocycles. The van der Waals surface area contributed by atoms with Crippen LogP contribution in [-0.4, -0.2) is 25.0 Å². The van der Waals surface area contributed by atoms with Gasteiger partial charge in [-0.3, -0.25) is 0 Å². The van der Waals surface area contributed by atoms with Crippen LogP contribution in [0.25, 0.3) is 17.1 Å². The topological polar surface area (TPSA) is 82.5 Å². The van der Waals surface area contributed by atoms with E-state index in [0.29, 0.717) is 0 Å². The Balaban J connectivity index is 2.18. The summed E-state index contributed by atoms with van der Waals surface area (Å²) in [7, 11) is 0. The molecule has 0 aliphatic rings. The normalized spacial score (nSPS) is 10.6. The largest absolute Gasteiger partial charge is 0.368 e. The molecule has 3 rings (SSSR count). The first-order chi connectivity index (χ1) is 9.25. The highest BCUT2D eigenvalue weighted by Crippen LogP contribution is 2.22. The maximum Gasteiger partial charge on any atom is 0.220 e. The summed E-state index contributed by atoms with van der Waals surface area (Å²) >= 11 is 0. The first-order valence-electron chi connectivity index (χ1n) is 5.81. The van der Waals surface area contributed by atoms with Crippen LogP contribution in [0, 0.1) is 6.92 Å². The SMILES string of the molecule is Cc1cnc(N)nc1-c1cnnn1-c1ccccc1. The second kappa shape index (κ2) is 4.49. The summed E-state index contributed by atoms with van der Waals surface area (Å²) in [4.78, 5) is 8.24. The molecule has 0 spiro atoms. The number of nitrogens with two attached hydrogens (primary N) is 1. The Hall–Kier alpha value is -2.76. The van der Waals surface area contributed by atoms with Crippen LogP contribution in [-0.2, 0) is 0 Å². The van der Waals surface area contributed by atoms with Crippen molar-refractivity contribution in [3.63, 3.8) is 0 Å². The average molecular weight is 252 g/mol. The van der Waals surface area contributed by atoms with E-state index < -0.39 is 0 Å². The van der Waals surface area contributed by atoms with E-state index in [1.54, 1.807) is 17.1 Å². The van der Waals surface area contributed by atoms with Crippen LogP contribution in [0.3, 0.4) is 0 Å². The van der Waals surface area contributed by atoms with Crippen LogP contribution in [0.2, 0.25) is 0 Å². The van der Waals surface area contributed by atoms with E-state index in [9.17, 15) is 0 Å². The number of benzene rings is 1. The second-order valence-corrected chi connectivity index (χ2v) is 4.13. The van der Waals surface area contributed by atoms with Crippen LogP contribution in [0.1, 0.15) is 5.56 Å². The Morgan fingerprint density at radius 3 is 2.68 bits per heavy atom. The highest BCUT2D eigenvalue weighted by Gasteiger charge is 2.13. The van der Waals surface area contributed by atoms with Crippen molar-refractivity contribution >= 4 is 5.95 Å². The van der Waals surface area contributed by atoms with Gasteiger partial charge in [0.1, 0.15) is 5.69 Å². The van der Waals surface area contributed by atoms with E-state index in [0.717, 1.165) is 22.6 Å². The van der Waals surface area contributed by atoms with Gasteiger partial charge in [0.05, 0.1) is 17.6 Å². The zero-order chi connectivity index (χ0) is 13.2. The van der Waals surface area contributed by atoms with Crippen molar-refractivity contribution in [1.29, 1.82) is 0 Å². The minimum absolute atomic E-state index is 0.237. The van der Waals surface area contributed by atoms with Crippen LogP contribution >= 0.6 is 0 Å². The van der Waals surface area contributed by atoms with Gasteiger partial charge in [-0.25, -0.2) is 14.6 Å². The molecule has 0 unspecified atom stereocenters. The quantitative estimate of drug-likeness (QED) is 0.749. The van der Waals surface area contributed by atoms with Gasteiger partial charge in [0, 0.05) is 6.20 Å². The summed E-state index contributed by atoms with van der Waals surface area (Å²) in [6, 6.07) is 9.76. The summed E-state index contributed by atoms with van der Waals surface area (Å²) in [6.07, 6.45) is 3.36. The number of hydrogen-bond donors (Lipinski definition) is 1. The first kappa shape index (κ1) is 11.3. The highest BCUT2D eigenvalue weighted by atomic mass is 15.4. The number of hydrogen-bond acceptors (Lipinski definition) is 5. The Labute approximate surface area is 109 Å². The lowest BCUT2D eigenvalue weighted by Crippen LogP contribution is -2.03. The van der Waals surface area contributed by atoms with E-state index in [1.165, 1.54) is 0 Å². The van der Waals surface area contributed by atoms with Gasteiger partial charge < -0.3 is 5.73 Å². The second-order valence-electron chi connectivity index (χ2n) is 4.13. The van der Waals surface area contributed by atoms with Gasteiger partial charge in [0.2, 0.25) is 5.95 Å². The van der Waals surface area contributed by atoms with Crippen molar-refractivity contribution in [1.82, 2.24) is 25.0 Å². The number of rotatable bonds is 2. The van der Waals surface area contributed by atoms with E-state index in [2.05, 4.69) is 20.3 Å². The maximum atomic E-state index is 5.65. The number of anilines is 1. The van der Waals surface area contributed by atoms with Gasteiger partial charge in [-0.1, -0.05) is 23.4 Å². The minimum atomic E-state index is 0.237. The summed E-state index contributed by atoms with van der Waals surface area (Å²) in [5, 5.41) is 8.06. The predicted octanol–water partition coefficient (Wildman–Crippen LogP) is 1.61. The molecule has 0 atom stereocenters. The Bertz CT molecular complexity index is 704.